The summed E-state index contributed by atoms with van der Waals surface area (Å²) in [5, 5.41) is 15.1. The number of nitrogens with zero attached hydrogens (tertiary/aromatic N) is 3. The van der Waals surface area contributed by atoms with E-state index in [4.69, 9.17) is 14.2 Å². The number of non-ortho nitro benzene ring substituents is 1. The molecular weight excluding hydrogens is 392 g/mol. The molecule has 1 fully saturated rings. The highest BCUT2D eigenvalue weighted by atomic mass is 16.6. The Hall–Kier alpha value is -3.66. The van der Waals surface area contributed by atoms with Gasteiger partial charge in [-0.15, -0.1) is 0 Å². The third-order valence-electron chi connectivity index (χ3n) is 4.39. The Morgan fingerprint density at radius 1 is 1.27 bits per heavy atom. The summed E-state index contributed by atoms with van der Waals surface area (Å²) in [7, 11) is 1.51. The van der Waals surface area contributed by atoms with Crippen LogP contribution in [0.25, 0.3) is 0 Å². The molecule has 10 heteroatoms. The number of carbonyl (C=O) groups excluding carboxylic acids is 1. The van der Waals surface area contributed by atoms with Crippen molar-refractivity contribution in [3.63, 3.8) is 0 Å². The van der Waals surface area contributed by atoms with Crippen LogP contribution in [0.3, 0.4) is 0 Å². The largest absolute Gasteiger partial charge is 0.493 e. The minimum Gasteiger partial charge on any atom is -0.493 e. The normalized spacial score (nSPS) is 13.8. The van der Waals surface area contributed by atoms with Gasteiger partial charge in [-0.1, -0.05) is 12.1 Å². The van der Waals surface area contributed by atoms with E-state index < -0.39 is 10.8 Å². The minimum atomic E-state index is -0.476. The van der Waals surface area contributed by atoms with E-state index >= 15 is 0 Å². The number of carbonyl (C=O) groups is 1. The van der Waals surface area contributed by atoms with E-state index in [2.05, 4.69) is 15.4 Å². The molecule has 10 nitrogen and oxygen atoms in total. The Kier molecular flexibility index (Phi) is 7.17. The molecule has 0 saturated carbocycles. The Bertz CT molecular complexity index is 927. The molecule has 1 heterocycles. The molecule has 0 spiro atoms. The molecule has 158 valence electrons. The van der Waals surface area contributed by atoms with Crippen molar-refractivity contribution in [1.29, 1.82) is 0 Å². The molecule has 2 aromatic carbocycles. The van der Waals surface area contributed by atoms with Crippen LogP contribution in [-0.2, 0) is 9.53 Å². The third-order valence-corrected chi connectivity index (χ3v) is 4.39. The van der Waals surface area contributed by atoms with Crippen molar-refractivity contribution in [2.24, 2.45) is 5.10 Å². The van der Waals surface area contributed by atoms with E-state index in [1.807, 2.05) is 0 Å². The van der Waals surface area contributed by atoms with Gasteiger partial charge in [0, 0.05) is 36.5 Å². The molecule has 0 atom stereocenters. The monoisotopic (exact) mass is 414 g/mol. The molecule has 1 amide bonds. The van der Waals surface area contributed by atoms with Gasteiger partial charge in [-0.2, -0.15) is 5.10 Å². The summed E-state index contributed by atoms with van der Waals surface area (Å²) in [6.45, 7) is 2.22. The van der Waals surface area contributed by atoms with E-state index in [-0.39, 0.29) is 12.3 Å². The topological polar surface area (TPSA) is 116 Å². The maximum Gasteiger partial charge on any atom is 0.277 e. The van der Waals surface area contributed by atoms with Crippen LogP contribution in [0.5, 0.6) is 11.5 Å². The standard InChI is InChI=1S/C20H22N4O6/c1-28-18-4-2-3-5-19(18)30-14-20(25)22-21-13-15-12-16(24(26)27)6-7-17(15)23-8-10-29-11-9-23/h2-7,12-13H,8-11,14H2,1H3,(H,22,25). The second kappa shape index (κ2) is 10.2. The molecule has 2 aromatic rings. The SMILES string of the molecule is COc1ccccc1OCC(=O)NN=Cc1cc([N+](=O)[O-])ccc1N1CCOCC1. The van der Waals surface area contributed by atoms with Gasteiger partial charge in [0.05, 0.1) is 31.5 Å². The summed E-state index contributed by atoms with van der Waals surface area (Å²) in [5.41, 5.74) is 3.62. The lowest BCUT2D eigenvalue weighted by Gasteiger charge is -2.29. The highest BCUT2D eigenvalue weighted by Crippen LogP contribution is 2.26. The summed E-state index contributed by atoms with van der Waals surface area (Å²) in [5.74, 6) is 0.475. The van der Waals surface area contributed by atoms with E-state index in [1.165, 1.54) is 25.5 Å². The predicted octanol–water partition coefficient (Wildman–Crippen LogP) is 1.97. The van der Waals surface area contributed by atoms with Gasteiger partial charge in [0.15, 0.2) is 18.1 Å². The van der Waals surface area contributed by atoms with Crippen molar-refractivity contribution in [1.82, 2.24) is 5.43 Å². The zero-order valence-corrected chi connectivity index (χ0v) is 16.4. The van der Waals surface area contributed by atoms with Crippen molar-refractivity contribution in [2.45, 2.75) is 0 Å². The van der Waals surface area contributed by atoms with Crippen molar-refractivity contribution in [2.75, 3.05) is 44.9 Å². The van der Waals surface area contributed by atoms with Crippen LogP contribution >= 0.6 is 0 Å². The third kappa shape index (κ3) is 5.45. The van der Waals surface area contributed by atoms with Crippen LogP contribution in [0.2, 0.25) is 0 Å². The molecule has 0 bridgehead atoms. The van der Waals surface area contributed by atoms with Gasteiger partial charge in [-0.05, 0) is 18.2 Å². The summed E-state index contributed by atoms with van der Waals surface area (Å²) >= 11 is 0. The Balaban J connectivity index is 1.65. The number of hydrogen-bond acceptors (Lipinski definition) is 8. The lowest BCUT2D eigenvalue weighted by atomic mass is 10.1. The van der Waals surface area contributed by atoms with E-state index in [0.29, 0.717) is 43.4 Å². The van der Waals surface area contributed by atoms with Gasteiger partial charge >= 0.3 is 0 Å². The number of ether oxygens (including phenoxy) is 3. The molecule has 30 heavy (non-hydrogen) atoms. The van der Waals surface area contributed by atoms with Crippen molar-refractivity contribution in [3.05, 3.63) is 58.1 Å². The lowest BCUT2D eigenvalue weighted by Crippen LogP contribution is -2.36. The quantitative estimate of drug-likeness (QED) is 0.399. The summed E-state index contributed by atoms with van der Waals surface area (Å²) in [6.07, 6.45) is 1.39. The number of methoxy groups -OCH3 is 1. The van der Waals surface area contributed by atoms with Crippen molar-refractivity contribution < 1.29 is 23.9 Å². The maximum atomic E-state index is 12.0. The molecule has 0 aromatic heterocycles. The van der Waals surface area contributed by atoms with Crippen LogP contribution < -0.4 is 19.8 Å². The number of hydrazone groups is 1. The minimum absolute atomic E-state index is 0.0562. The second-order valence-electron chi connectivity index (χ2n) is 6.33. The van der Waals surface area contributed by atoms with Gasteiger partial charge in [0.1, 0.15) is 0 Å². The molecule has 0 aliphatic carbocycles. The van der Waals surface area contributed by atoms with Gasteiger partial charge in [0.25, 0.3) is 11.6 Å². The Morgan fingerprint density at radius 2 is 2.00 bits per heavy atom. The number of anilines is 1. The maximum absolute atomic E-state index is 12.0. The second-order valence-corrected chi connectivity index (χ2v) is 6.33. The summed E-state index contributed by atoms with van der Waals surface area (Å²) in [6, 6.07) is 11.5. The summed E-state index contributed by atoms with van der Waals surface area (Å²) < 4.78 is 16.0. The zero-order valence-electron chi connectivity index (χ0n) is 16.4. The van der Waals surface area contributed by atoms with E-state index in [0.717, 1.165) is 5.69 Å². The van der Waals surface area contributed by atoms with Crippen LogP contribution in [0, 0.1) is 10.1 Å². The van der Waals surface area contributed by atoms with Gasteiger partial charge < -0.3 is 19.1 Å². The highest BCUT2D eigenvalue weighted by molar-refractivity contribution is 5.90. The number of nitro benzene ring substituents is 1. The zero-order chi connectivity index (χ0) is 21.3. The molecule has 1 aliphatic heterocycles. The first kappa shape index (κ1) is 21.1. The number of rotatable bonds is 8. The Morgan fingerprint density at radius 3 is 2.70 bits per heavy atom. The number of morpholine rings is 1. The average Bonchev–Trinajstić information content (AvgIpc) is 2.78. The molecule has 1 aliphatic rings. The fraction of sp³-hybridized carbons (Fsp3) is 0.300. The van der Waals surface area contributed by atoms with Gasteiger partial charge in [0.2, 0.25) is 0 Å². The molecule has 1 N–H and O–H groups in total. The molecule has 0 radical (unpaired) electrons. The fourth-order valence-corrected chi connectivity index (χ4v) is 2.94. The first-order chi connectivity index (χ1) is 14.6. The Labute approximate surface area is 173 Å². The molecule has 1 saturated heterocycles. The van der Waals surface area contributed by atoms with Crippen LogP contribution in [-0.4, -0.2) is 57.1 Å². The molecule has 3 rings (SSSR count). The van der Waals surface area contributed by atoms with Crippen molar-refractivity contribution >= 4 is 23.5 Å². The number of hydrogen-bond donors (Lipinski definition) is 1. The smallest absolute Gasteiger partial charge is 0.277 e. The van der Waals surface area contributed by atoms with Crippen LogP contribution in [0.4, 0.5) is 11.4 Å². The van der Waals surface area contributed by atoms with Crippen molar-refractivity contribution in [3.8, 4) is 11.5 Å². The first-order valence-corrected chi connectivity index (χ1v) is 9.27. The van der Waals surface area contributed by atoms with Gasteiger partial charge in [-0.25, -0.2) is 5.43 Å². The van der Waals surface area contributed by atoms with Crippen LogP contribution in [0.1, 0.15) is 5.56 Å². The van der Waals surface area contributed by atoms with E-state index in [1.54, 1.807) is 30.3 Å². The number of nitrogens with one attached hydrogen (secondary N) is 1. The van der Waals surface area contributed by atoms with Crippen LogP contribution in [0.15, 0.2) is 47.6 Å². The number of amides is 1. The highest BCUT2D eigenvalue weighted by Gasteiger charge is 2.17. The fourth-order valence-electron chi connectivity index (χ4n) is 2.94. The number of para-hydroxylation sites is 2. The number of nitro groups is 1. The van der Waals surface area contributed by atoms with E-state index in [9.17, 15) is 14.9 Å². The molecular formula is C20H22N4O6. The number of benzene rings is 2. The summed E-state index contributed by atoms with van der Waals surface area (Å²) in [4.78, 5) is 24.8. The first-order valence-electron chi connectivity index (χ1n) is 9.27. The lowest BCUT2D eigenvalue weighted by molar-refractivity contribution is -0.384. The molecule has 0 unspecified atom stereocenters. The van der Waals surface area contributed by atoms with Gasteiger partial charge in [-0.3, -0.25) is 14.9 Å². The average molecular weight is 414 g/mol. The predicted molar refractivity (Wildman–Crippen MR) is 110 cm³/mol.